The van der Waals surface area contributed by atoms with Gasteiger partial charge in [0.15, 0.2) is 11.5 Å². The molecule has 0 aliphatic rings. The number of carboxylic acids is 1. The lowest BCUT2D eigenvalue weighted by Crippen LogP contribution is -2.12. The molecule has 3 rings (SSSR count). The molecule has 4 nitrogen and oxygen atoms in total. The lowest BCUT2D eigenvalue weighted by molar-refractivity contribution is -0.139. The van der Waals surface area contributed by atoms with Crippen LogP contribution in [0.4, 0.5) is 0 Å². The molecule has 0 aromatic heterocycles. The van der Waals surface area contributed by atoms with Crippen molar-refractivity contribution in [1.29, 1.82) is 0 Å². The Morgan fingerprint density at radius 2 is 1.45 bits per heavy atom. The van der Waals surface area contributed by atoms with Gasteiger partial charge in [-0.3, -0.25) is 4.79 Å². The first-order chi connectivity index (χ1) is 16.2. The summed E-state index contributed by atoms with van der Waals surface area (Å²) < 4.78 is 12.2. The van der Waals surface area contributed by atoms with Crippen molar-refractivity contribution >= 4 is 17.7 Å². The second-order valence-corrected chi connectivity index (χ2v) is 9.23. The Morgan fingerprint density at radius 3 is 2.03 bits per heavy atom. The quantitative estimate of drug-likeness (QED) is 0.262. The van der Waals surface area contributed by atoms with Crippen LogP contribution in [0.25, 0.3) is 0 Å². The molecule has 0 saturated carbocycles. The summed E-state index contributed by atoms with van der Waals surface area (Å²) >= 11 is 1.89. The highest BCUT2D eigenvalue weighted by Gasteiger charge is 2.21. The number of carbonyl (C=O) groups is 1. The van der Waals surface area contributed by atoms with E-state index >= 15 is 0 Å². The van der Waals surface area contributed by atoms with Gasteiger partial charge in [0.25, 0.3) is 0 Å². The summed E-state index contributed by atoms with van der Waals surface area (Å²) in [6, 6.07) is 25.4. The largest absolute Gasteiger partial charge is 0.485 e. The Morgan fingerprint density at radius 1 is 0.848 bits per heavy atom. The zero-order chi connectivity index (χ0) is 23.3. The van der Waals surface area contributed by atoms with Crippen molar-refractivity contribution < 1.29 is 19.4 Å². The summed E-state index contributed by atoms with van der Waals surface area (Å²) in [4.78, 5) is 12.0. The second-order valence-electron chi connectivity index (χ2n) is 7.84. The zero-order valence-electron chi connectivity index (χ0n) is 19.1. The van der Waals surface area contributed by atoms with Crippen LogP contribution in [-0.4, -0.2) is 22.6 Å². The number of hydrogen-bond acceptors (Lipinski definition) is 4. The van der Waals surface area contributed by atoms with E-state index in [1.807, 2.05) is 90.6 Å². The van der Waals surface area contributed by atoms with Crippen molar-refractivity contribution in [3.8, 4) is 11.5 Å². The molecule has 33 heavy (non-hydrogen) atoms. The van der Waals surface area contributed by atoms with Crippen LogP contribution in [-0.2, 0) is 18.0 Å². The molecule has 0 heterocycles. The van der Waals surface area contributed by atoms with E-state index in [1.54, 1.807) is 0 Å². The first-order valence-electron chi connectivity index (χ1n) is 11.4. The van der Waals surface area contributed by atoms with Crippen LogP contribution in [0.15, 0.2) is 78.9 Å². The van der Waals surface area contributed by atoms with E-state index < -0.39 is 11.9 Å². The highest BCUT2D eigenvalue weighted by molar-refractivity contribution is 7.99. The molecule has 3 aromatic carbocycles. The van der Waals surface area contributed by atoms with Gasteiger partial charge in [-0.1, -0.05) is 80.1 Å². The van der Waals surface area contributed by atoms with E-state index in [-0.39, 0.29) is 0 Å². The normalized spacial score (nSPS) is 11.7. The molecule has 0 amide bonds. The van der Waals surface area contributed by atoms with Crippen LogP contribution in [0, 0.1) is 0 Å². The van der Waals surface area contributed by atoms with E-state index in [9.17, 15) is 9.90 Å². The van der Waals surface area contributed by atoms with Gasteiger partial charge in [-0.2, -0.15) is 11.8 Å². The number of hydrogen-bond donors (Lipinski definition) is 1. The predicted octanol–water partition coefficient (Wildman–Crippen LogP) is 6.94. The molecule has 0 spiro atoms. The lowest BCUT2D eigenvalue weighted by Gasteiger charge is -2.18. The van der Waals surface area contributed by atoms with Crippen molar-refractivity contribution in [2.75, 3.05) is 11.5 Å². The third-order valence-electron chi connectivity index (χ3n) is 5.38. The van der Waals surface area contributed by atoms with Gasteiger partial charge in [0.2, 0.25) is 0 Å². The van der Waals surface area contributed by atoms with Crippen LogP contribution in [0.1, 0.15) is 48.8 Å². The Kier molecular flexibility index (Phi) is 10.2. The molecule has 0 saturated heterocycles. The second kappa shape index (κ2) is 13.6. The smallest absolute Gasteiger partial charge is 0.310 e. The first-order valence-corrected chi connectivity index (χ1v) is 12.6. The summed E-state index contributed by atoms with van der Waals surface area (Å²) in [6.07, 6.45) is 2.52. The molecule has 1 N–H and O–H groups in total. The molecule has 1 unspecified atom stereocenters. The molecular weight excluding hydrogens is 432 g/mol. The number of carboxylic acid groups (broad SMARTS) is 1. The highest BCUT2D eigenvalue weighted by Crippen LogP contribution is 2.34. The molecule has 0 fully saturated rings. The van der Waals surface area contributed by atoms with Gasteiger partial charge < -0.3 is 14.6 Å². The van der Waals surface area contributed by atoms with Crippen LogP contribution in [0.2, 0.25) is 0 Å². The molecule has 174 valence electrons. The number of ether oxygens (including phenoxy) is 2. The molecule has 3 aromatic rings. The maximum atomic E-state index is 12.0. The molecular formula is C28H32O4S. The van der Waals surface area contributed by atoms with Gasteiger partial charge in [-0.05, 0) is 53.2 Å². The molecule has 5 heteroatoms. The Balaban J connectivity index is 1.76. The number of thioether (sulfide) groups is 1. The van der Waals surface area contributed by atoms with Crippen molar-refractivity contribution in [3.05, 3.63) is 95.6 Å². The Hall–Kier alpha value is -2.92. The fourth-order valence-electron chi connectivity index (χ4n) is 3.57. The number of rotatable bonds is 14. The van der Waals surface area contributed by atoms with E-state index in [0.29, 0.717) is 31.1 Å². The van der Waals surface area contributed by atoms with Gasteiger partial charge in [0, 0.05) is 0 Å². The minimum absolute atomic E-state index is 0.387. The SMILES string of the molecule is CCSCCCCC(C(=O)O)c1ccc(OCc2ccccc2)c(OCc2ccccc2)c1. The average molecular weight is 465 g/mol. The van der Waals surface area contributed by atoms with Crippen LogP contribution in [0.3, 0.4) is 0 Å². The predicted molar refractivity (Wildman–Crippen MR) is 135 cm³/mol. The molecule has 0 aliphatic carbocycles. The third-order valence-corrected chi connectivity index (χ3v) is 6.36. The van der Waals surface area contributed by atoms with Crippen molar-refractivity contribution in [2.45, 2.75) is 45.3 Å². The Bertz CT molecular complexity index is 976. The monoisotopic (exact) mass is 464 g/mol. The number of benzene rings is 3. The summed E-state index contributed by atoms with van der Waals surface area (Å²) in [5.74, 6) is 1.99. The first kappa shape index (κ1) is 24.7. The van der Waals surface area contributed by atoms with E-state index in [0.717, 1.165) is 41.0 Å². The van der Waals surface area contributed by atoms with E-state index in [2.05, 4.69) is 6.92 Å². The van der Waals surface area contributed by atoms with Gasteiger partial charge in [0.1, 0.15) is 13.2 Å². The number of aliphatic carboxylic acids is 1. The van der Waals surface area contributed by atoms with Crippen molar-refractivity contribution in [1.82, 2.24) is 0 Å². The van der Waals surface area contributed by atoms with Crippen LogP contribution < -0.4 is 9.47 Å². The maximum absolute atomic E-state index is 12.0. The molecule has 0 radical (unpaired) electrons. The summed E-state index contributed by atoms with van der Waals surface area (Å²) in [5.41, 5.74) is 2.85. The Labute approximate surface area is 201 Å². The minimum Gasteiger partial charge on any atom is -0.485 e. The van der Waals surface area contributed by atoms with E-state index in [4.69, 9.17) is 9.47 Å². The van der Waals surface area contributed by atoms with Crippen LogP contribution >= 0.6 is 11.8 Å². The van der Waals surface area contributed by atoms with Gasteiger partial charge in [0.05, 0.1) is 5.92 Å². The summed E-state index contributed by atoms with van der Waals surface area (Å²) in [6.45, 7) is 2.94. The summed E-state index contributed by atoms with van der Waals surface area (Å²) in [5, 5.41) is 9.87. The fourth-order valence-corrected chi connectivity index (χ4v) is 4.27. The lowest BCUT2D eigenvalue weighted by atomic mass is 9.93. The third kappa shape index (κ3) is 8.17. The average Bonchev–Trinajstić information content (AvgIpc) is 2.85. The van der Waals surface area contributed by atoms with Gasteiger partial charge in [-0.15, -0.1) is 0 Å². The van der Waals surface area contributed by atoms with Gasteiger partial charge >= 0.3 is 5.97 Å². The van der Waals surface area contributed by atoms with Crippen molar-refractivity contribution in [3.63, 3.8) is 0 Å². The molecule has 1 atom stereocenters. The molecule has 0 bridgehead atoms. The van der Waals surface area contributed by atoms with Crippen LogP contribution in [0.5, 0.6) is 11.5 Å². The summed E-state index contributed by atoms with van der Waals surface area (Å²) in [7, 11) is 0. The number of unbranched alkanes of at least 4 members (excludes halogenated alkanes) is 1. The minimum atomic E-state index is -0.801. The molecule has 0 aliphatic heterocycles. The maximum Gasteiger partial charge on any atom is 0.310 e. The standard InChI is InChI=1S/C28H32O4S/c1-2-33-18-10-9-15-25(28(29)30)24-16-17-26(31-20-22-11-5-3-6-12-22)27(19-24)32-21-23-13-7-4-8-14-23/h3-8,11-14,16-17,19,25H,2,9-10,15,18,20-21H2,1H3,(H,29,30). The highest BCUT2D eigenvalue weighted by atomic mass is 32.2. The fraction of sp³-hybridized carbons (Fsp3) is 0.321. The van der Waals surface area contributed by atoms with E-state index in [1.165, 1.54) is 0 Å². The van der Waals surface area contributed by atoms with Gasteiger partial charge in [-0.25, -0.2) is 0 Å². The van der Waals surface area contributed by atoms with Crippen molar-refractivity contribution in [2.24, 2.45) is 0 Å². The topological polar surface area (TPSA) is 55.8 Å². The zero-order valence-corrected chi connectivity index (χ0v) is 19.9.